The molecule has 0 spiro atoms. The number of rotatable bonds is 6. The number of hydrogen-bond donors (Lipinski definition) is 2. The molecule has 5 rings (SSSR count). The molecule has 2 aliphatic heterocycles. The predicted octanol–water partition coefficient (Wildman–Crippen LogP) is 3.97. The van der Waals surface area contributed by atoms with Crippen LogP contribution in [0.5, 0.6) is 0 Å². The smallest absolute Gasteiger partial charge is 0.324 e. The van der Waals surface area contributed by atoms with Crippen molar-refractivity contribution in [3.05, 3.63) is 53.6 Å². The minimum Gasteiger partial charge on any atom is -0.464 e. The number of ether oxygens (including phenoxy) is 2. The van der Waals surface area contributed by atoms with Crippen LogP contribution in [0.25, 0.3) is 27.9 Å². The molecule has 0 radical (unpaired) electrons. The number of hydrazine groups is 1. The first-order chi connectivity index (χ1) is 22.4. The number of aliphatic imine (C=N–C) groups is 1. The molecule has 3 atom stereocenters. The Morgan fingerprint density at radius 2 is 2.11 bits per heavy atom. The number of nitrogens with zero attached hydrogens (tertiary/aromatic N) is 6. The van der Waals surface area contributed by atoms with Gasteiger partial charge in [0.25, 0.3) is 5.91 Å². The van der Waals surface area contributed by atoms with E-state index in [0.717, 1.165) is 39.0 Å². The van der Waals surface area contributed by atoms with Crippen LogP contribution < -0.4 is 11.2 Å². The van der Waals surface area contributed by atoms with Gasteiger partial charge in [-0.25, -0.2) is 15.1 Å². The van der Waals surface area contributed by atoms with Gasteiger partial charge in [0, 0.05) is 67.3 Å². The first kappa shape index (κ1) is 34.2. The second kappa shape index (κ2) is 13.9. The van der Waals surface area contributed by atoms with Gasteiger partial charge in [0.2, 0.25) is 0 Å². The Balaban J connectivity index is 1.75. The van der Waals surface area contributed by atoms with Crippen LogP contribution in [0.2, 0.25) is 0 Å². The lowest BCUT2D eigenvalue weighted by Gasteiger charge is -2.34. The number of methoxy groups -OCH3 is 1. The molecule has 6 bridgehead atoms. The number of allylic oxidation sites excluding steroid dienone is 2. The summed E-state index contributed by atoms with van der Waals surface area (Å²) >= 11 is 0. The van der Waals surface area contributed by atoms with E-state index in [4.69, 9.17) is 25.2 Å². The average Bonchev–Trinajstić information content (AvgIpc) is 3.57. The lowest BCUT2D eigenvalue weighted by molar-refractivity contribution is -0.154. The third-order valence-corrected chi connectivity index (χ3v) is 9.01. The highest BCUT2D eigenvalue weighted by Gasteiger charge is 2.34. The van der Waals surface area contributed by atoms with Gasteiger partial charge in [-0.1, -0.05) is 26.5 Å². The molecule has 0 unspecified atom stereocenters. The summed E-state index contributed by atoms with van der Waals surface area (Å²) in [5.74, 6) is 0.448. The molecular weight excluding hydrogens is 596 g/mol. The van der Waals surface area contributed by atoms with Crippen molar-refractivity contribution >= 4 is 34.6 Å². The van der Waals surface area contributed by atoms with Crippen LogP contribution in [0.1, 0.15) is 64.5 Å². The number of nitrogens with two attached hydrogens (primary N) is 1. The van der Waals surface area contributed by atoms with Crippen molar-refractivity contribution in [2.75, 3.05) is 20.3 Å². The summed E-state index contributed by atoms with van der Waals surface area (Å²) in [4.78, 5) is 36.2. The zero-order chi connectivity index (χ0) is 34.0. The maximum Gasteiger partial charge on any atom is 0.324 e. The molecule has 12 nitrogen and oxygen atoms in total. The largest absolute Gasteiger partial charge is 0.464 e. The molecule has 4 heterocycles. The molecule has 0 saturated carbocycles. The highest BCUT2D eigenvalue weighted by atomic mass is 16.5. The van der Waals surface area contributed by atoms with E-state index in [9.17, 15) is 9.59 Å². The number of esters is 1. The number of hydrogen-bond acceptors (Lipinski definition) is 9. The fourth-order valence-corrected chi connectivity index (χ4v) is 6.62. The van der Waals surface area contributed by atoms with Gasteiger partial charge < -0.3 is 19.8 Å². The van der Waals surface area contributed by atoms with Gasteiger partial charge in [-0.3, -0.25) is 19.6 Å². The van der Waals surface area contributed by atoms with Crippen molar-refractivity contribution in [2.24, 2.45) is 23.2 Å². The molecule has 252 valence electrons. The maximum absolute atomic E-state index is 13.4. The van der Waals surface area contributed by atoms with Crippen molar-refractivity contribution in [3.8, 4) is 11.4 Å². The molecule has 0 aliphatic carbocycles. The second-order valence-electron chi connectivity index (χ2n) is 13.1. The van der Waals surface area contributed by atoms with E-state index >= 15 is 0 Å². The lowest BCUT2D eigenvalue weighted by atomic mass is 9.84. The summed E-state index contributed by atoms with van der Waals surface area (Å²) < 4.78 is 15.7. The molecule has 2 aliphatic rings. The fourth-order valence-electron chi connectivity index (χ4n) is 6.62. The third-order valence-electron chi connectivity index (χ3n) is 9.01. The van der Waals surface area contributed by atoms with Crippen molar-refractivity contribution in [1.29, 1.82) is 0 Å². The topological polar surface area (TPSA) is 142 Å². The quantitative estimate of drug-likeness (QED) is 0.233. The van der Waals surface area contributed by atoms with Gasteiger partial charge >= 0.3 is 5.97 Å². The molecule has 3 N–H and O–H groups in total. The SMILES string of the molecule is C=C/C(=C(\N=C/C)[C@H](C)OC)c1c2c3cc(ccc3n1CC)-c1nc(nn1C)C[C@H](N)C(=O)N1CCC[C@H](N1)C(=O)OCC(C)(C)C2. The number of aryl methyl sites for hydroxylation is 2. The first-order valence-corrected chi connectivity index (χ1v) is 16.4. The van der Waals surface area contributed by atoms with E-state index in [-0.39, 0.29) is 31.0 Å². The number of nitrogens with one attached hydrogen (secondary N) is 1. The molecule has 47 heavy (non-hydrogen) atoms. The third kappa shape index (κ3) is 6.81. The van der Waals surface area contributed by atoms with Crippen molar-refractivity contribution in [2.45, 2.75) is 85.0 Å². The summed E-state index contributed by atoms with van der Waals surface area (Å²) in [6, 6.07) is 4.78. The highest BCUT2D eigenvalue weighted by Crippen LogP contribution is 2.40. The van der Waals surface area contributed by atoms with Crippen molar-refractivity contribution in [1.82, 2.24) is 29.8 Å². The predicted molar refractivity (Wildman–Crippen MR) is 183 cm³/mol. The van der Waals surface area contributed by atoms with Crippen LogP contribution in [-0.2, 0) is 45.5 Å². The maximum atomic E-state index is 13.4. The van der Waals surface area contributed by atoms with E-state index < -0.39 is 17.5 Å². The summed E-state index contributed by atoms with van der Waals surface area (Å²) in [5, 5.41) is 7.12. The van der Waals surface area contributed by atoms with Gasteiger partial charge in [-0.15, -0.1) is 0 Å². The van der Waals surface area contributed by atoms with E-state index in [1.54, 1.807) is 18.0 Å². The number of amides is 1. The van der Waals surface area contributed by atoms with Gasteiger partial charge in [-0.2, -0.15) is 5.10 Å². The van der Waals surface area contributed by atoms with E-state index in [0.29, 0.717) is 44.0 Å². The monoisotopic (exact) mass is 644 g/mol. The standard InChI is InChI=1S/C35H48N8O4/c1-9-23(30(37-10-2)21(4)46-8)31-25-19-35(5,6)20-47-34(45)27-13-12-16-43(39-27)33(44)26(36)18-29-38-32(41(7)40-29)22-14-15-28(24(25)17-22)42(31)11-3/h9-10,14-15,17,21,26-27,39H,1,11-13,16,18-20,36H2,2-8H3/b30-23+,37-10-/t21-,26-,27-/m0/s1. The van der Waals surface area contributed by atoms with Gasteiger partial charge in [0.05, 0.1) is 30.1 Å². The fraction of sp³-hybridized carbons (Fsp3) is 0.514. The summed E-state index contributed by atoms with van der Waals surface area (Å²) in [6.07, 6.45) is 5.31. The molecule has 1 fully saturated rings. The number of aromatic nitrogens is 4. The summed E-state index contributed by atoms with van der Waals surface area (Å²) in [7, 11) is 3.52. The van der Waals surface area contributed by atoms with Gasteiger partial charge in [-0.05, 0) is 63.8 Å². The minimum atomic E-state index is -0.876. The highest BCUT2D eigenvalue weighted by molar-refractivity contribution is 5.95. The first-order valence-electron chi connectivity index (χ1n) is 16.4. The zero-order valence-corrected chi connectivity index (χ0v) is 28.7. The van der Waals surface area contributed by atoms with Crippen LogP contribution in [-0.4, -0.2) is 80.9 Å². The average molecular weight is 645 g/mol. The Bertz CT molecular complexity index is 1730. The molecule has 2 aromatic heterocycles. The normalized spacial score (nSPS) is 21.8. The van der Waals surface area contributed by atoms with Gasteiger partial charge in [0.15, 0.2) is 11.6 Å². The van der Waals surface area contributed by atoms with Crippen LogP contribution in [0.4, 0.5) is 0 Å². The molecule has 1 saturated heterocycles. The minimum absolute atomic E-state index is 0.157. The van der Waals surface area contributed by atoms with Crippen LogP contribution >= 0.6 is 0 Å². The molecule has 12 heteroatoms. The molecule has 1 aromatic carbocycles. The van der Waals surface area contributed by atoms with Crippen molar-refractivity contribution < 1.29 is 19.1 Å². The lowest BCUT2D eigenvalue weighted by Crippen LogP contribution is -2.59. The van der Waals surface area contributed by atoms with Crippen LogP contribution in [0.3, 0.4) is 0 Å². The van der Waals surface area contributed by atoms with Crippen LogP contribution in [0.15, 0.2) is 41.5 Å². The Morgan fingerprint density at radius 3 is 2.79 bits per heavy atom. The zero-order valence-electron chi connectivity index (χ0n) is 28.7. The number of benzene rings is 1. The summed E-state index contributed by atoms with van der Waals surface area (Å²) in [5.41, 5.74) is 14.7. The Morgan fingerprint density at radius 1 is 1.34 bits per heavy atom. The number of cyclic esters (lactones) is 1. The van der Waals surface area contributed by atoms with Crippen LogP contribution in [0, 0.1) is 5.41 Å². The number of fused-ring (bicyclic) bond motifs is 6. The number of carbonyl (C=O) groups is 2. The summed E-state index contributed by atoms with van der Waals surface area (Å²) in [6.45, 7) is 15.7. The Hall–Kier alpha value is -4.13. The van der Waals surface area contributed by atoms with E-state index in [2.05, 4.69) is 54.6 Å². The van der Waals surface area contributed by atoms with Gasteiger partial charge in [0.1, 0.15) is 6.04 Å². The molecule has 1 amide bonds. The second-order valence-corrected chi connectivity index (χ2v) is 13.1. The van der Waals surface area contributed by atoms with E-state index in [1.165, 1.54) is 5.01 Å². The molecule has 3 aromatic rings. The van der Waals surface area contributed by atoms with E-state index in [1.807, 2.05) is 33.0 Å². The molecular formula is C35H48N8O4. The van der Waals surface area contributed by atoms with Crippen molar-refractivity contribution in [3.63, 3.8) is 0 Å². The Labute approximate surface area is 276 Å². The Kier molecular flexibility index (Phi) is 10.1. The number of carbonyl (C=O) groups excluding carboxylic acids is 2.